The summed E-state index contributed by atoms with van der Waals surface area (Å²) < 4.78 is 84.8. The largest absolute Gasteiger partial charge is 0.508 e. The van der Waals surface area contributed by atoms with Gasteiger partial charge >= 0.3 is 16.4 Å². The number of aliphatic hydroxyl groups excluding tert-OH is 10. The number of phenolic OH excluding ortho intramolecular Hbond substituents is 4. The van der Waals surface area contributed by atoms with Crippen molar-refractivity contribution >= 4 is 104 Å². The van der Waals surface area contributed by atoms with Gasteiger partial charge in [0.25, 0.3) is 5.91 Å². The summed E-state index contributed by atoms with van der Waals surface area (Å²) in [6.07, 6.45) is -16.7. The lowest BCUT2D eigenvalue weighted by molar-refractivity contribution is -0.333. The summed E-state index contributed by atoms with van der Waals surface area (Å²) in [4.78, 5) is 63.4. The number of aliphatic hydroxyl groups is 10. The molecule has 0 aromatic heterocycles. The van der Waals surface area contributed by atoms with E-state index in [4.69, 9.17) is 89.5 Å². The Kier molecular flexibility index (Phi) is 21.9. The Morgan fingerprint density at radius 3 is 1.88 bits per heavy atom. The number of nitrogens with two attached hydrogens (primary N) is 1. The van der Waals surface area contributed by atoms with Crippen LogP contribution in [0.3, 0.4) is 0 Å². The standard InChI is InChI=1S/C71H63Cl4N7O29S/c1-23-62(92)71(2,76)21-47(104-23)109-61-59(91)58(90)46(22-83)108-70(61)110-60-44-15-28-16-45(60)107-42-6-4-25(12-36(42)73)54(86)53-67(97)81-52(69(99)100)33-18-30(84)19-40(85)48(33)34-11-27(13-37(74)56(34)88)50(66(96)82-53)79-65(95)51(28)80-64(94)49-26-9-31(20-32(10-26)111-112(101,102)103)105-43-17-29(14-38(75)57(43)89)55(87)68(98)77-39(63(93)78-49)8-24-3-5-41(106-44)35(72)7-24/h3-7,9-20,23,39,46-47,49-54,58-59,61-62,70,83-86,88-92H,8,21-22,76H2,1-2H3,(H,77,98)(H,78,93)(H,79,95)(H,80,94)(H,81,97)(H,82,96)(H,99,100)(H,101,102,103)/t23?,39-,46?,47?,49+,50-,51-,52+,53+,54-,58?,59?,61?,62?,70?,71?/m1/s1. The van der Waals surface area contributed by atoms with E-state index in [1.807, 2.05) is 0 Å². The molecule has 2 saturated heterocycles. The monoisotopic (exact) mass is 1650 g/mol. The Morgan fingerprint density at radius 2 is 1.26 bits per heavy atom. The van der Waals surface area contributed by atoms with Crippen molar-refractivity contribution in [1.82, 2.24) is 5.32 Å². The van der Waals surface area contributed by atoms with Crippen LogP contribution in [0.2, 0.25) is 20.1 Å². The third-order valence-corrected chi connectivity index (χ3v) is 20.3. The normalized spacial score (nSPS) is 27.4. The molecule has 2 fully saturated rings. The molecule has 19 N–H and O–H groups in total. The van der Waals surface area contributed by atoms with Gasteiger partial charge in [-0.15, -0.1) is 0 Å². The molecule has 7 aromatic carbocycles. The van der Waals surface area contributed by atoms with Gasteiger partial charge in [-0.1, -0.05) is 58.5 Å². The molecular formula is C71H63Cl4N7O29S. The lowest BCUT2D eigenvalue weighted by Crippen LogP contribution is -2.64. The van der Waals surface area contributed by atoms with Crippen molar-refractivity contribution in [2.45, 2.75) is 124 Å². The first-order chi connectivity index (χ1) is 52.8. The molecule has 9 unspecified atom stereocenters. The number of fused-ring (bicyclic) bond motifs is 12. The first-order valence-electron chi connectivity index (χ1n) is 33.2. The van der Waals surface area contributed by atoms with Crippen LogP contribution in [0.25, 0.3) is 11.1 Å². The number of halogens is 4. The molecule has 590 valence electrons. The Bertz CT molecular complexity index is 5300. The summed E-state index contributed by atoms with van der Waals surface area (Å²) in [5.41, 5.74) is 0.671. The number of ether oxygens (including phenoxy) is 7. The molecule has 0 aliphatic carbocycles. The number of aliphatic imine (C=N–C) groups is 5. The van der Waals surface area contributed by atoms with Gasteiger partial charge in [0.2, 0.25) is 47.3 Å². The molecule has 1 amide bonds. The van der Waals surface area contributed by atoms with Gasteiger partial charge < -0.3 is 125 Å². The van der Waals surface area contributed by atoms with Crippen molar-refractivity contribution in [3.63, 3.8) is 0 Å². The molecule has 8 aliphatic rings. The first-order valence-corrected chi connectivity index (χ1v) is 36.1. The highest BCUT2D eigenvalue weighted by Crippen LogP contribution is 2.52. The maximum atomic E-state index is 14.3. The van der Waals surface area contributed by atoms with Crippen molar-refractivity contribution < 1.29 is 141 Å². The molecule has 7 aromatic rings. The number of nitrogens with zero attached hydrogens (tertiary/aromatic N) is 5. The van der Waals surface area contributed by atoms with E-state index in [0.29, 0.717) is 6.07 Å². The predicted molar refractivity (Wildman–Crippen MR) is 392 cm³/mol. The van der Waals surface area contributed by atoms with Crippen LogP contribution >= 0.6 is 46.4 Å². The van der Waals surface area contributed by atoms with E-state index in [0.717, 1.165) is 78.9 Å². The van der Waals surface area contributed by atoms with Crippen LogP contribution in [0.4, 0.5) is 0 Å². The maximum absolute atomic E-state index is 14.3. The van der Waals surface area contributed by atoms with Crippen molar-refractivity contribution in [1.29, 1.82) is 0 Å². The fourth-order valence-corrected chi connectivity index (χ4v) is 14.5. The number of hydrogen-bond donors (Lipinski definition) is 18. The quantitative estimate of drug-likeness (QED) is 0.0508. The van der Waals surface area contributed by atoms with Gasteiger partial charge in [0.1, 0.15) is 70.7 Å². The molecule has 112 heavy (non-hydrogen) atoms. The number of aliphatic carboxylic acids is 1. The fraction of sp³-hybridized carbons (Fsp3) is 0.296. The summed E-state index contributed by atoms with van der Waals surface area (Å²) in [7, 11) is -5.55. The molecule has 8 heterocycles. The molecule has 16 atom stereocenters. The summed E-state index contributed by atoms with van der Waals surface area (Å²) in [6, 6.07) is 2.44. The second kappa shape index (κ2) is 30.8. The third kappa shape index (κ3) is 16.0. The van der Waals surface area contributed by atoms with Crippen LogP contribution in [0.1, 0.15) is 94.3 Å². The van der Waals surface area contributed by atoms with E-state index in [1.165, 1.54) is 32.0 Å². The van der Waals surface area contributed by atoms with Crippen LogP contribution in [0, 0.1) is 0 Å². The van der Waals surface area contributed by atoms with E-state index in [9.17, 15) is 104 Å². The zero-order valence-corrected chi connectivity index (χ0v) is 61.1. The van der Waals surface area contributed by atoms with E-state index < -0.39 is 285 Å². The molecule has 17 bridgehead atoms. The Hall–Kier alpha value is -10.6. The van der Waals surface area contributed by atoms with Gasteiger partial charge in [-0.25, -0.2) is 29.8 Å². The Morgan fingerprint density at radius 1 is 0.652 bits per heavy atom. The number of carboxylic acids is 1. The summed E-state index contributed by atoms with van der Waals surface area (Å²) in [6.45, 7) is 1.95. The maximum Gasteiger partial charge on any atom is 0.446 e. The third-order valence-electron chi connectivity index (χ3n) is 18.7. The predicted octanol–water partition coefficient (Wildman–Crippen LogP) is 7.86. The SMILES string of the molecule is CC1OC(OC2C(Oc3c4cc5cc3Oc3ccc(cc3Cl)[C@@H](O)[C@@H]3N=C(O)[C@H](N=C(O)[C@@H]5N=C(O)[C@H]5N=C(O)[C@@H](Cc6ccc(c(Cl)c6)O4)NC(=O)C(=O)c4cc(Cl)c(O)c(c4)Oc4cc(OS(=O)(=O)O)cc5c4)c4cc(Cl)c(O)c(c4)-c4c(O)cc(O)cc4[C@@H](C(=O)O)N=C3O)OC(CO)C(O)C2O)CC(C)(N)C1O. The number of carbonyl (C=O) groups excluding carboxylic acids is 2. The fourth-order valence-electron chi connectivity index (χ4n) is 13.2. The van der Waals surface area contributed by atoms with Crippen molar-refractivity contribution in [3.05, 3.63) is 162 Å². The average molecular weight is 1650 g/mol. The van der Waals surface area contributed by atoms with Crippen LogP contribution in [-0.4, -0.2) is 210 Å². The first kappa shape index (κ1) is 79.5. The number of hydrogen-bond acceptors (Lipinski definition) is 28. The Balaban J connectivity index is 1.14. The van der Waals surface area contributed by atoms with E-state index in [1.54, 1.807) is 0 Å². The number of carboxylic acid groups (broad SMARTS) is 1. The highest BCUT2D eigenvalue weighted by Gasteiger charge is 2.51. The average Bonchev–Trinajstić information content (AvgIpc) is 0.761. The number of phenols is 4. The second-order valence-electron chi connectivity index (χ2n) is 26.7. The van der Waals surface area contributed by atoms with Gasteiger partial charge in [-0.2, -0.15) is 8.42 Å². The summed E-state index contributed by atoms with van der Waals surface area (Å²) >= 11 is 27.4. The number of nitrogens with one attached hydrogen (secondary N) is 1. The smallest absolute Gasteiger partial charge is 0.446 e. The highest BCUT2D eigenvalue weighted by atomic mass is 35.5. The van der Waals surface area contributed by atoms with Crippen LogP contribution in [0.15, 0.2) is 128 Å². The number of benzene rings is 7. The van der Waals surface area contributed by atoms with Gasteiger partial charge in [-0.05, 0) is 121 Å². The number of ketones is 1. The molecule has 15 rings (SSSR count). The second-order valence-corrected chi connectivity index (χ2v) is 29.3. The number of carbonyl (C=O) groups is 3. The number of aromatic hydroxyl groups is 4. The van der Waals surface area contributed by atoms with Gasteiger partial charge in [-0.3, -0.25) is 14.1 Å². The lowest BCUT2D eigenvalue weighted by Gasteiger charge is -2.47. The van der Waals surface area contributed by atoms with E-state index in [-0.39, 0.29) is 28.3 Å². The number of rotatable bonds is 8. The van der Waals surface area contributed by atoms with Crippen LogP contribution in [-0.2, 0) is 40.6 Å². The molecule has 8 aliphatic heterocycles. The molecule has 0 radical (unpaired) electrons. The van der Waals surface area contributed by atoms with Gasteiger partial charge in [0.05, 0.1) is 38.9 Å². The summed E-state index contributed by atoms with van der Waals surface area (Å²) in [5, 5.41) is 179. The van der Waals surface area contributed by atoms with Crippen molar-refractivity contribution in [2.75, 3.05) is 6.61 Å². The molecular weight excluding hydrogens is 1590 g/mol. The van der Waals surface area contributed by atoms with Gasteiger partial charge in [0.15, 0.2) is 65.6 Å². The summed E-state index contributed by atoms with van der Waals surface area (Å²) in [5.74, 6) is -20.4. The molecule has 0 saturated carbocycles. The Labute approximate surface area is 650 Å². The molecule has 36 nitrogen and oxygen atoms in total. The van der Waals surface area contributed by atoms with Gasteiger partial charge in [0, 0.05) is 52.8 Å². The minimum Gasteiger partial charge on any atom is -0.508 e. The zero-order chi connectivity index (χ0) is 80.8. The van der Waals surface area contributed by atoms with Crippen molar-refractivity contribution in [2.24, 2.45) is 30.7 Å². The van der Waals surface area contributed by atoms with E-state index in [2.05, 4.69) is 30.3 Å². The molecule has 0 spiro atoms. The van der Waals surface area contributed by atoms with Crippen LogP contribution in [0.5, 0.6) is 69.0 Å². The van der Waals surface area contributed by atoms with E-state index >= 15 is 0 Å². The van der Waals surface area contributed by atoms with Crippen molar-refractivity contribution in [3.8, 4) is 80.1 Å². The molecule has 41 heteroatoms. The lowest BCUT2D eigenvalue weighted by atomic mass is 9.86. The number of Topliss-reactive ketones (excluding diaryl/α,β-unsaturated/α-hetero) is 1. The zero-order valence-electron chi connectivity index (χ0n) is 57.3. The minimum atomic E-state index is -5.55. The minimum absolute atomic E-state index is 0.0816. The highest BCUT2D eigenvalue weighted by molar-refractivity contribution is 7.81. The topological polar surface area (TPSA) is 583 Å². The van der Waals surface area contributed by atoms with Crippen LogP contribution < -0.4 is 34.2 Å². The number of amides is 1.